The monoisotopic (exact) mass is 308 g/mol. The predicted molar refractivity (Wildman–Crippen MR) is 79.8 cm³/mol. The molecule has 2 unspecified atom stereocenters. The van der Waals surface area contributed by atoms with E-state index in [4.69, 9.17) is 0 Å². The van der Waals surface area contributed by atoms with Crippen molar-refractivity contribution in [3.8, 4) is 0 Å². The summed E-state index contributed by atoms with van der Waals surface area (Å²) in [7, 11) is 0. The van der Waals surface area contributed by atoms with E-state index in [0.717, 1.165) is 0 Å². The summed E-state index contributed by atoms with van der Waals surface area (Å²) >= 11 is 1.29. The summed E-state index contributed by atoms with van der Waals surface area (Å²) in [5, 5.41) is 12.9. The summed E-state index contributed by atoms with van der Waals surface area (Å²) in [6, 6.07) is 5.49. The number of nitrogens with zero attached hydrogens (tertiary/aromatic N) is 1. The molecule has 1 aromatic heterocycles. The van der Waals surface area contributed by atoms with Gasteiger partial charge in [0, 0.05) is 6.04 Å². The van der Waals surface area contributed by atoms with E-state index in [1.54, 1.807) is 24.6 Å². The molecular formula is C15H17FN2O2S. The molecule has 0 spiro atoms. The number of aromatic nitrogens is 1. The fourth-order valence-electron chi connectivity index (χ4n) is 2.02. The largest absolute Gasteiger partial charge is 0.388 e. The molecule has 0 saturated heterocycles. The maximum Gasteiger partial charge on any atom is 0.263 e. The zero-order valence-corrected chi connectivity index (χ0v) is 12.7. The highest BCUT2D eigenvalue weighted by molar-refractivity contribution is 7.11. The quantitative estimate of drug-likeness (QED) is 0.893. The second-order valence-electron chi connectivity index (χ2n) is 4.94. The second-order valence-corrected chi connectivity index (χ2v) is 5.80. The van der Waals surface area contributed by atoms with Gasteiger partial charge in [0.2, 0.25) is 0 Å². The molecule has 1 amide bonds. The molecule has 2 atom stereocenters. The molecular weight excluding hydrogens is 291 g/mol. The number of nitrogens with one attached hydrogen (secondary N) is 1. The van der Waals surface area contributed by atoms with Crippen molar-refractivity contribution in [2.24, 2.45) is 0 Å². The van der Waals surface area contributed by atoms with Crippen molar-refractivity contribution >= 4 is 17.2 Å². The molecule has 0 radical (unpaired) electrons. The number of aliphatic hydroxyl groups is 1. The van der Waals surface area contributed by atoms with Gasteiger partial charge in [-0.3, -0.25) is 4.79 Å². The Hall–Kier alpha value is -1.79. The van der Waals surface area contributed by atoms with E-state index in [1.807, 2.05) is 6.92 Å². The van der Waals surface area contributed by atoms with Crippen molar-refractivity contribution in [1.82, 2.24) is 10.3 Å². The van der Waals surface area contributed by atoms with Gasteiger partial charge in [0.25, 0.3) is 5.91 Å². The zero-order valence-electron chi connectivity index (χ0n) is 11.8. The number of carbonyl (C=O) groups excluding carboxylic acids is 1. The van der Waals surface area contributed by atoms with E-state index in [2.05, 4.69) is 10.3 Å². The average molecular weight is 308 g/mol. The van der Waals surface area contributed by atoms with Crippen LogP contribution >= 0.6 is 11.3 Å². The topological polar surface area (TPSA) is 62.2 Å². The normalized spacial score (nSPS) is 13.7. The van der Waals surface area contributed by atoms with Gasteiger partial charge >= 0.3 is 0 Å². The van der Waals surface area contributed by atoms with Gasteiger partial charge in [0.1, 0.15) is 10.7 Å². The molecule has 0 bridgehead atoms. The van der Waals surface area contributed by atoms with Crippen LogP contribution in [0.1, 0.15) is 40.4 Å². The number of thiazole rings is 1. The van der Waals surface area contributed by atoms with Gasteiger partial charge in [-0.2, -0.15) is 0 Å². The molecule has 0 aliphatic rings. The third-order valence-corrected chi connectivity index (χ3v) is 4.09. The Balaban J connectivity index is 1.92. The Morgan fingerprint density at radius 3 is 2.67 bits per heavy atom. The van der Waals surface area contributed by atoms with E-state index in [-0.39, 0.29) is 17.8 Å². The summed E-state index contributed by atoms with van der Waals surface area (Å²) < 4.78 is 12.8. The zero-order chi connectivity index (χ0) is 15.4. The number of aryl methyl sites for hydroxylation is 1. The fourth-order valence-corrected chi connectivity index (χ4v) is 2.73. The highest BCUT2D eigenvalue weighted by Gasteiger charge is 2.17. The Kier molecular flexibility index (Phi) is 5.03. The summed E-state index contributed by atoms with van der Waals surface area (Å²) in [6.45, 7) is 3.60. The minimum atomic E-state index is -0.747. The third kappa shape index (κ3) is 4.09. The van der Waals surface area contributed by atoms with Crippen LogP contribution in [0, 0.1) is 12.7 Å². The van der Waals surface area contributed by atoms with E-state index in [0.29, 0.717) is 22.6 Å². The van der Waals surface area contributed by atoms with Gasteiger partial charge in [0.15, 0.2) is 0 Å². The first-order chi connectivity index (χ1) is 9.97. The van der Waals surface area contributed by atoms with Gasteiger partial charge in [0.05, 0.1) is 17.3 Å². The van der Waals surface area contributed by atoms with E-state index < -0.39 is 6.10 Å². The van der Waals surface area contributed by atoms with Crippen LogP contribution in [-0.4, -0.2) is 22.0 Å². The lowest BCUT2D eigenvalue weighted by atomic mass is 10.0. The lowest BCUT2D eigenvalue weighted by Gasteiger charge is -2.18. The molecule has 2 N–H and O–H groups in total. The molecule has 112 valence electrons. The first kappa shape index (κ1) is 15.6. The van der Waals surface area contributed by atoms with Crippen molar-refractivity contribution in [3.05, 3.63) is 51.7 Å². The van der Waals surface area contributed by atoms with Crippen LogP contribution in [-0.2, 0) is 0 Å². The lowest BCUT2D eigenvalue weighted by Crippen LogP contribution is -2.33. The van der Waals surface area contributed by atoms with Gasteiger partial charge in [-0.05, 0) is 38.0 Å². The number of carbonyl (C=O) groups is 1. The molecule has 0 fully saturated rings. The second kappa shape index (κ2) is 6.78. The van der Waals surface area contributed by atoms with Gasteiger partial charge in [-0.25, -0.2) is 9.37 Å². The average Bonchev–Trinajstić information content (AvgIpc) is 2.85. The predicted octanol–water partition coefficient (Wildman–Crippen LogP) is 2.83. The molecule has 1 aromatic carbocycles. The highest BCUT2D eigenvalue weighted by Crippen LogP contribution is 2.19. The van der Waals surface area contributed by atoms with E-state index in [9.17, 15) is 14.3 Å². The first-order valence-corrected chi connectivity index (χ1v) is 7.50. The van der Waals surface area contributed by atoms with Crippen molar-refractivity contribution in [2.75, 3.05) is 0 Å². The van der Waals surface area contributed by atoms with Crippen molar-refractivity contribution in [2.45, 2.75) is 32.4 Å². The van der Waals surface area contributed by atoms with Crippen molar-refractivity contribution < 1.29 is 14.3 Å². The molecule has 2 rings (SSSR count). The molecule has 6 heteroatoms. The standard InChI is InChI=1S/C15H17FN2O2S/c1-9(18-15(20)14-10(2)17-8-21-14)7-13(19)11-3-5-12(16)6-4-11/h3-6,8-9,13,19H,7H2,1-2H3,(H,18,20). The Morgan fingerprint density at radius 2 is 2.10 bits per heavy atom. The lowest BCUT2D eigenvalue weighted by molar-refractivity contribution is 0.0920. The number of hydrogen-bond acceptors (Lipinski definition) is 4. The molecule has 2 aromatic rings. The van der Waals surface area contributed by atoms with Crippen molar-refractivity contribution in [1.29, 1.82) is 0 Å². The van der Waals surface area contributed by atoms with E-state index >= 15 is 0 Å². The number of amides is 1. The van der Waals surface area contributed by atoms with Gasteiger partial charge in [-0.1, -0.05) is 12.1 Å². The number of hydrogen-bond donors (Lipinski definition) is 2. The highest BCUT2D eigenvalue weighted by atomic mass is 32.1. The molecule has 1 heterocycles. The maximum atomic E-state index is 12.8. The molecule has 4 nitrogen and oxygen atoms in total. The van der Waals surface area contributed by atoms with Crippen molar-refractivity contribution in [3.63, 3.8) is 0 Å². The minimum absolute atomic E-state index is 0.186. The Labute approximate surface area is 126 Å². The Morgan fingerprint density at radius 1 is 1.43 bits per heavy atom. The first-order valence-electron chi connectivity index (χ1n) is 6.62. The third-order valence-electron chi connectivity index (χ3n) is 3.16. The summed E-state index contributed by atoms with van der Waals surface area (Å²) in [5.41, 5.74) is 2.96. The Bertz CT molecular complexity index is 612. The molecule has 21 heavy (non-hydrogen) atoms. The molecule has 0 saturated carbocycles. The molecule has 0 aliphatic heterocycles. The number of rotatable bonds is 5. The summed E-state index contributed by atoms with van der Waals surface area (Å²) in [4.78, 5) is 16.6. The maximum absolute atomic E-state index is 12.8. The van der Waals surface area contributed by atoms with E-state index in [1.165, 1.54) is 23.5 Å². The number of benzene rings is 1. The number of halogens is 1. The SMILES string of the molecule is Cc1ncsc1C(=O)NC(C)CC(O)c1ccc(F)cc1. The van der Waals surface area contributed by atoms with Crippen LogP contribution in [0.5, 0.6) is 0 Å². The molecule has 0 aliphatic carbocycles. The van der Waals surface area contributed by atoms with Crippen LogP contribution in [0.25, 0.3) is 0 Å². The van der Waals surface area contributed by atoms with Gasteiger partial charge in [-0.15, -0.1) is 11.3 Å². The summed E-state index contributed by atoms with van der Waals surface area (Å²) in [5.74, 6) is -0.526. The minimum Gasteiger partial charge on any atom is -0.388 e. The van der Waals surface area contributed by atoms with Crippen LogP contribution in [0.15, 0.2) is 29.8 Å². The summed E-state index contributed by atoms with van der Waals surface area (Å²) in [6.07, 6.45) is -0.390. The van der Waals surface area contributed by atoms with Crippen LogP contribution in [0.3, 0.4) is 0 Å². The fraction of sp³-hybridized carbons (Fsp3) is 0.333. The van der Waals surface area contributed by atoms with Crippen LogP contribution < -0.4 is 5.32 Å². The number of aliphatic hydroxyl groups excluding tert-OH is 1. The van der Waals surface area contributed by atoms with Crippen LogP contribution in [0.4, 0.5) is 4.39 Å². The van der Waals surface area contributed by atoms with Gasteiger partial charge < -0.3 is 10.4 Å². The smallest absolute Gasteiger partial charge is 0.263 e. The van der Waals surface area contributed by atoms with Crippen LogP contribution in [0.2, 0.25) is 0 Å².